The number of rotatable bonds is 7. The van der Waals surface area contributed by atoms with E-state index in [2.05, 4.69) is 4.90 Å². The van der Waals surface area contributed by atoms with Gasteiger partial charge in [0.1, 0.15) is 5.82 Å². The van der Waals surface area contributed by atoms with Gasteiger partial charge in [0, 0.05) is 26.7 Å². The molecule has 5 rings (SSSR count). The fourth-order valence-electron chi connectivity index (χ4n) is 5.35. The zero-order valence-electron chi connectivity index (χ0n) is 21.2. The summed E-state index contributed by atoms with van der Waals surface area (Å²) in [6.45, 7) is 5.43. The third-order valence-electron chi connectivity index (χ3n) is 7.45. The van der Waals surface area contributed by atoms with Crippen molar-refractivity contribution in [1.29, 1.82) is 0 Å². The maximum Gasteiger partial charge on any atom is 0.262 e. The van der Waals surface area contributed by atoms with Crippen molar-refractivity contribution in [2.75, 3.05) is 33.4 Å². The Hall–Kier alpha value is -3.61. The number of piperidine rings is 1. The summed E-state index contributed by atoms with van der Waals surface area (Å²) in [5.41, 5.74) is 6.31. The lowest BCUT2D eigenvalue weighted by Crippen LogP contribution is -2.33. The summed E-state index contributed by atoms with van der Waals surface area (Å²) < 4.78 is 19.0. The zero-order chi connectivity index (χ0) is 25.9. The van der Waals surface area contributed by atoms with Gasteiger partial charge in [-0.1, -0.05) is 54.1 Å². The van der Waals surface area contributed by atoms with Crippen molar-refractivity contribution in [3.63, 3.8) is 0 Å². The third kappa shape index (κ3) is 4.99. The molecule has 0 spiro atoms. The number of carbonyl (C=O) groups is 2. The molecular weight excluding hydrogens is 467 g/mol. The lowest BCUT2D eigenvalue weighted by molar-refractivity contribution is 0.0595. The predicted molar refractivity (Wildman–Crippen MR) is 142 cm³/mol. The molecule has 0 radical (unpaired) electrons. The van der Waals surface area contributed by atoms with Gasteiger partial charge in [0.25, 0.3) is 11.8 Å². The smallest absolute Gasteiger partial charge is 0.262 e. The van der Waals surface area contributed by atoms with E-state index in [0.29, 0.717) is 11.1 Å². The fraction of sp³-hybridized carbons (Fsp3) is 0.290. The molecule has 2 aliphatic rings. The van der Waals surface area contributed by atoms with Gasteiger partial charge in [-0.3, -0.25) is 14.5 Å². The Morgan fingerprint density at radius 3 is 1.95 bits per heavy atom. The molecule has 1 atom stereocenters. The molecule has 0 bridgehead atoms. The van der Waals surface area contributed by atoms with E-state index in [1.807, 2.05) is 43.3 Å². The number of imide groups is 1. The molecule has 2 heterocycles. The van der Waals surface area contributed by atoms with E-state index in [1.165, 1.54) is 22.6 Å². The van der Waals surface area contributed by atoms with Gasteiger partial charge < -0.3 is 9.64 Å². The van der Waals surface area contributed by atoms with Crippen LogP contribution in [0.25, 0.3) is 5.57 Å². The van der Waals surface area contributed by atoms with E-state index in [9.17, 15) is 14.0 Å². The molecule has 190 valence electrons. The Morgan fingerprint density at radius 2 is 1.41 bits per heavy atom. The monoisotopic (exact) mass is 498 g/mol. The zero-order valence-corrected chi connectivity index (χ0v) is 21.2. The van der Waals surface area contributed by atoms with Crippen molar-refractivity contribution < 1.29 is 18.7 Å². The third-order valence-corrected chi connectivity index (χ3v) is 7.45. The number of nitrogens with zero attached hydrogens (tertiary/aromatic N) is 2. The van der Waals surface area contributed by atoms with Crippen molar-refractivity contribution in [2.45, 2.75) is 25.8 Å². The summed E-state index contributed by atoms with van der Waals surface area (Å²) in [5, 5.41) is 0. The molecule has 3 aromatic carbocycles. The predicted octanol–water partition coefficient (Wildman–Crippen LogP) is 5.73. The molecular formula is C31H31FN2O3. The number of likely N-dealkylation sites (tertiary alicyclic amines) is 1. The maximum atomic E-state index is 13.7. The number of benzene rings is 3. The molecule has 5 nitrogen and oxygen atoms in total. The van der Waals surface area contributed by atoms with Crippen LogP contribution in [0.3, 0.4) is 0 Å². The number of ether oxygens (including phenoxy) is 1. The topological polar surface area (TPSA) is 49.9 Å². The van der Waals surface area contributed by atoms with Gasteiger partial charge in [-0.15, -0.1) is 0 Å². The van der Waals surface area contributed by atoms with Gasteiger partial charge in [-0.25, -0.2) is 4.39 Å². The maximum absolute atomic E-state index is 13.7. The number of amides is 2. The Bertz CT molecular complexity index is 1290. The van der Waals surface area contributed by atoms with Gasteiger partial charge in [-0.05, 0) is 66.3 Å². The first-order chi connectivity index (χ1) is 18.0. The van der Waals surface area contributed by atoms with Crippen LogP contribution in [0.1, 0.15) is 63.2 Å². The normalized spacial score (nSPS) is 16.7. The molecule has 2 aliphatic heterocycles. The second-order valence-electron chi connectivity index (χ2n) is 9.64. The van der Waals surface area contributed by atoms with E-state index < -0.39 is 6.04 Å². The molecule has 2 amide bonds. The van der Waals surface area contributed by atoms with Crippen LogP contribution in [0.2, 0.25) is 0 Å². The fourth-order valence-corrected chi connectivity index (χ4v) is 5.35. The van der Waals surface area contributed by atoms with Crippen molar-refractivity contribution >= 4 is 17.4 Å². The van der Waals surface area contributed by atoms with Crippen LogP contribution < -0.4 is 0 Å². The largest absolute Gasteiger partial charge is 0.383 e. The molecule has 0 N–H and O–H groups in total. The Balaban J connectivity index is 1.43. The summed E-state index contributed by atoms with van der Waals surface area (Å²) in [6.07, 6.45) is 1.87. The van der Waals surface area contributed by atoms with Gasteiger partial charge in [0.15, 0.2) is 0 Å². The first-order valence-electron chi connectivity index (χ1n) is 12.7. The summed E-state index contributed by atoms with van der Waals surface area (Å²) in [7, 11) is 1.72. The van der Waals surface area contributed by atoms with E-state index >= 15 is 0 Å². The van der Waals surface area contributed by atoms with Gasteiger partial charge >= 0.3 is 0 Å². The molecule has 6 heteroatoms. The molecule has 1 fully saturated rings. The van der Waals surface area contributed by atoms with Gasteiger partial charge in [0.2, 0.25) is 0 Å². The highest BCUT2D eigenvalue weighted by atomic mass is 19.1. The summed E-state index contributed by atoms with van der Waals surface area (Å²) in [4.78, 5) is 29.7. The minimum absolute atomic E-state index is 0.257. The molecule has 1 saturated heterocycles. The number of fused-ring (bicyclic) bond motifs is 1. The van der Waals surface area contributed by atoms with Crippen LogP contribution in [0, 0.1) is 5.82 Å². The molecule has 3 aromatic rings. The van der Waals surface area contributed by atoms with Gasteiger partial charge in [0.05, 0.1) is 23.8 Å². The Morgan fingerprint density at radius 1 is 0.865 bits per heavy atom. The van der Waals surface area contributed by atoms with Gasteiger partial charge in [-0.2, -0.15) is 0 Å². The van der Waals surface area contributed by atoms with Crippen molar-refractivity contribution in [3.05, 3.63) is 112 Å². The standard InChI is InChI=1S/C31H31FN2O3/c1-21(34-30(35)27-5-3-4-6-28(27)31(34)36)22-7-9-23(10-8-22)29(24-11-13-26(32)14-12-24)25-15-17-33(18-16-25)19-20-37-2/h3-14,21H,15-20H2,1-2H3/t21-/m1/s1. The van der Waals surface area contributed by atoms with Crippen LogP contribution in [-0.2, 0) is 4.74 Å². The summed E-state index contributed by atoms with van der Waals surface area (Å²) in [6, 6.07) is 21.3. The lowest BCUT2D eigenvalue weighted by Gasteiger charge is -2.30. The van der Waals surface area contributed by atoms with Crippen molar-refractivity contribution in [3.8, 4) is 0 Å². The van der Waals surface area contributed by atoms with Crippen molar-refractivity contribution in [1.82, 2.24) is 9.80 Å². The van der Waals surface area contributed by atoms with Crippen LogP contribution >= 0.6 is 0 Å². The molecule has 0 saturated carbocycles. The number of halogens is 1. The van der Waals surface area contributed by atoms with Crippen molar-refractivity contribution in [2.24, 2.45) is 0 Å². The molecule has 0 unspecified atom stereocenters. The highest BCUT2D eigenvalue weighted by Gasteiger charge is 2.38. The number of carbonyl (C=O) groups excluding carboxylic acids is 2. The van der Waals surface area contributed by atoms with E-state index in [1.54, 1.807) is 31.4 Å². The number of hydrogen-bond acceptors (Lipinski definition) is 4. The first kappa shape index (κ1) is 25.1. The number of methoxy groups -OCH3 is 1. The lowest BCUT2D eigenvalue weighted by atomic mass is 9.87. The minimum atomic E-state index is -0.396. The average Bonchev–Trinajstić information content (AvgIpc) is 3.19. The SMILES string of the molecule is COCCN1CCC(=C(c2ccc(F)cc2)c2ccc([C@@H](C)N3C(=O)c4ccccc4C3=O)cc2)CC1. The second-order valence-corrected chi connectivity index (χ2v) is 9.64. The van der Waals surface area contributed by atoms with E-state index in [-0.39, 0.29) is 17.6 Å². The summed E-state index contributed by atoms with van der Waals surface area (Å²) in [5.74, 6) is -0.773. The first-order valence-corrected chi connectivity index (χ1v) is 12.7. The highest BCUT2D eigenvalue weighted by Crippen LogP contribution is 2.35. The summed E-state index contributed by atoms with van der Waals surface area (Å²) >= 11 is 0. The van der Waals surface area contributed by atoms with Crippen LogP contribution in [-0.4, -0.2) is 55.0 Å². The van der Waals surface area contributed by atoms with Crippen LogP contribution in [0.4, 0.5) is 4.39 Å². The van der Waals surface area contributed by atoms with E-state index in [0.717, 1.165) is 61.3 Å². The Labute approximate surface area is 217 Å². The average molecular weight is 499 g/mol. The highest BCUT2D eigenvalue weighted by molar-refractivity contribution is 6.21. The molecule has 0 aromatic heterocycles. The minimum Gasteiger partial charge on any atom is -0.383 e. The second kappa shape index (κ2) is 10.8. The van der Waals surface area contributed by atoms with E-state index in [4.69, 9.17) is 4.74 Å². The molecule has 0 aliphatic carbocycles. The van der Waals surface area contributed by atoms with Crippen LogP contribution in [0.5, 0.6) is 0 Å². The number of hydrogen-bond donors (Lipinski definition) is 0. The Kier molecular flexibility index (Phi) is 7.31. The quantitative estimate of drug-likeness (QED) is 0.391. The van der Waals surface area contributed by atoms with Crippen LogP contribution in [0.15, 0.2) is 78.4 Å². The molecule has 37 heavy (non-hydrogen) atoms.